The maximum absolute atomic E-state index is 12.9. The molecule has 9 heteroatoms. The zero-order chi connectivity index (χ0) is 24.7. The third-order valence-corrected chi connectivity index (χ3v) is 8.10. The Balaban J connectivity index is 1.09. The fourth-order valence-corrected chi connectivity index (χ4v) is 6.01. The van der Waals surface area contributed by atoms with Gasteiger partial charge >= 0.3 is 6.18 Å². The first-order valence-electron chi connectivity index (χ1n) is 12.1. The monoisotopic (exact) mass is 492 g/mol. The molecule has 1 saturated carbocycles. The number of fused-ring (bicyclic) bond motifs is 1. The second kappa shape index (κ2) is 7.54. The number of halogens is 3. The number of likely N-dealkylation sites (tertiary alicyclic amines) is 1. The van der Waals surface area contributed by atoms with Crippen LogP contribution in [0.2, 0.25) is 0 Å². The minimum Gasteiger partial charge on any atom is -0.375 e. The van der Waals surface area contributed by atoms with Crippen LogP contribution >= 0.6 is 0 Å². The SMILES string of the molecule is O=c1cc(-c2ccc(C(F)(F)F)cc2)ccn1-c1ccc2c(cnn2CCN2CC3OCC4CC432)c1. The summed E-state index contributed by atoms with van der Waals surface area (Å²) >= 11 is 0. The highest BCUT2D eigenvalue weighted by molar-refractivity contribution is 5.81. The Morgan fingerprint density at radius 3 is 2.58 bits per heavy atom. The molecule has 0 N–H and O–H groups in total. The van der Waals surface area contributed by atoms with Crippen LogP contribution in [-0.4, -0.2) is 50.6 Å². The van der Waals surface area contributed by atoms with Crippen LogP contribution in [0.3, 0.4) is 0 Å². The van der Waals surface area contributed by atoms with Gasteiger partial charge in [0.2, 0.25) is 0 Å². The molecular formula is C27H23F3N4O2. The van der Waals surface area contributed by atoms with E-state index < -0.39 is 11.7 Å². The Morgan fingerprint density at radius 2 is 1.86 bits per heavy atom. The first kappa shape index (κ1) is 21.8. The number of aromatic nitrogens is 3. The molecule has 1 aliphatic carbocycles. The van der Waals surface area contributed by atoms with Gasteiger partial charge in [0.1, 0.15) is 0 Å². The molecule has 0 radical (unpaired) electrons. The first-order valence-corrected chi connectivity index (χ1v) is 12.1. The van der Waals surface area contributed by atoms with E-state index >= 15 is 0 Å². The van der Waals surface area contributed by atoms with Crippen LogP contribution in [-0.2, 0) is 17.5 Å². The normalized spacial score (nSPS) is 25.0. The predicted octanol–water partition coefficient (Wildman–Crippen LogP) is 4.35. The molecule has 4 aromatic rings. The fraction of sp³-hybridized carbons (Fsp3) is 0.333. The van der Waals surface area contributed by atoms with Crippen LogP contribution in [0.5, 0.6) is 0 Å². The van der Waals surface area contributed by atoms with E-state index in [0.717, 1.165) is 49.3 Å². The summed E-state index contributed by atoms with van der Waals surface area (Å²) < 4.78 is 47.9. The van der Waals surface area contributed by atoms with Gasteiger partial charge in [-0.15, -0.1) is 0 Å². The second-order valence-electron chi connectivity index (χ2n) is 9.97. The minimum absolute atomic E-state index is 0.261. The number of hydrogen-bond donors (Lipinski definition) is 0. The van der Waals surface area contributed by atoms with Crippen molar-refractivity contribution in [1.82, 2.24) is 19.2 Å². The number of benzene rings is 2. The lowest BCUT2D eigenvalue weighted by molar-refractivity contribution is -0.137. The third kappa shape index (κ3) is 3.26. The molecule has 2 aliphatic heterocycles. The molecule has 36 heavy (non-hydrogen) atoms. The number of hydrogen-bond acceptors (Lipinski definition) is 4. The molecule has 3 unspecified atom stereocenters. The van der Waals surface area contributed by atoms with Crippen LogP contribution < -0.4 is 5.56 Å². The summed E-state index contributed by atoms with van der Waals surface area (Å²) in [7, 11) is 0. The fourth-order valence-electron chi connectivity index (χ4n) is 6.01. The van der Waals surface area contributed by atoms with Gasteiger partial charge in [0.15, 0.2) is 0 Å². The Morgan fingerprint density at radius 1 is 1.03 bits per heavy atom. The molecule has 3 atom stereocenters. The number of alkyl halides is 3. The highest BCUT2D eigenvalue weighted by Crippen LogP contribution is 2.62. The van der Waals surface area contributed by atoms with Gasteiger partial charge in [0.25, 0.3) is 5.56 Å². The predicted molar refractivity (Wildman–Crippen MR) is 128 cm³/mol. The minimum atomic E-state index is -4.39. The van der Waals surface area contributed by atoms with Crippen LogP contribution in [0.4, 0.5) is 13.2 Å². The summed E-state index contributed by atoms with van der Waals surface area (Å²) in [5.74, 6) is 0.706. The average molecular weight is 493 g/mol. The van der Waals surface area contributed by atoms with Crippen molar-refractivity contribution in [2.24, 2.45) is 5.92 Å². The van der Waals surface area contributed by atoms with E-state index in [-0.39, 0.29) is 5.56 Å². The smallest absolute Gasteiger partial charge is 0.375 e. The number of pyridine rings is 1. The van der Waals surface area contributed by atoms with Gasteiger partial charge in [-0.1, -0.05) is 12.1 Å². The van der Waals surface area contributed by atoms with Crippen LogP contribution in [0, 0.1) is 5.92 Å². The van der Waals surface area contributed by atoms with Gasteiger partial charge in [-0.25, -0.2) is 0 Å². The molecule has 7 rings (SSSR count). The number of nitrogens with zero attached hydrogens (tertiary/aromatic N) is 4. The van der Waals surface area contributed by atoms with Crippen molar-refractivity contribution in [3.63, 3.8) is 0 Å². The summed E-state index contributed by atoms with van der Waals surface area (Å²) in [6, 6.07) is 13.8. The van der Waals surface area contributed by atoms with Crippen molar-refractivity contribution in [2.45, 2.75) is 30.8 Å². The van der Waals surface area contributed by atoms with Gasteiger partial charge in [0, 0.05) is 42.3 Å². The Labute approximate surface area is 204 Å². The van der Waals surface area contributed by atoms with Gasteiger partial charge in [0.05, 0.1) is 42.1 Å². The Kier molecular flexibility index (Phi) is 4.57. The quantitative estimate of drug-likeness (QED) is 0.416. The standard InChI is InChI=1S/C27H23F3N4O2/c28-27(29,30)20-3-1-17(2-4-20)18-7-8-33(25(35)12-18)22-5-6-23-19(11-22)14-31-34(23)10-9-32-15-24-26(32)13-21(26)16-36-24/h1-8,11-12,14,21,24H,9-10,13,15-16H2. The average Bonchev–Trinajstić information content (AvgIpc) is 3.41. The molecule has 2 aromatic heterocycles. The van der Waals surface area contributed by atoms with Crippen molar-refractivity contribution in [3.8, 4) is 16.8 Å². The summed E-state index contributed by atoms with van der Waals surface area (Å²) in [5.41, 5.74) is 2.17. The molecule has 3 fully saturated rings. The van der Waals surface area contributed by atoms with E-state index in [1.807, 2.05) is 29.1 Å². The molecule has 2 aromatic carbocycles. The second-order valence-corrected chi connectivity index (χ2v) is 9.97. The lowest BCUT2D eigenvalue weighted by Gasteiger charge is -2.46. The zero-order valence-corrected chi connectivity index (χ0v) is 19.3. The van der Waals surface area contributed by atoms with Gasteiger partial charge in [-0.05, 0) is 53.9 Å². The van der Waals surface area contributed by atoms with Gasteiger partial charge in [-0.3, -0.25) is 18.9 Å². The maximum Gasteiger partial charge on any atom is 0.416 e. The maximum atomic E-state index is 12.9. The zero-order valence-electron chi connectivity index (χ0n) is 19.3. The topological polar surface area (TPSA) is 52.3 Å². The Hall–Kier alpha value is -3.43. The first-order chi connectivity index (χ1) is 17.3. The summed E-state index contributed by atoms with van der Waals surface area (Å²) in [6.07, 6.45) is 0.750. The highest BCUT2D eigenvalue weighted by Gasteiger charge is 2.73. The number of ether oxygens (including phenoxy) is 1. The van der Waals surface area contributed by atoms with Crippen molar-refractivity contribution >= 4 is 10.9 Å². The summed E-state index contributed by atoms with van der Waals surface area (Å²) in [5, 5.41) is 5.52. The highest BCUT2D eigenvalue weighted by atomic mass is 19.4. The van der Waals surface area contributed by atoms with Gasteiger partial charge < -0.3 is 4.74 Å². The van der Waals surface area contributed by atoms with Crippen LogP contribution in [0.1, 0.15) is 12.0 Å². The van der Waals surface area contributed by atoms with E-state index in [1.54, 1.807) is 12.3 Å². The lowest BCUT2D eigenvalue weighted by Crippen LogP contribution is -2.62. The molecule has 0 amide bonds. The molecule has 1 spiro atoms. The van der Waals surface area contributed by atoms with Crippen LogP contribution in [0.25, 0.3) is 27.7 Å². The van der Waals surface area contributed by atoms with E-state index in [4.69, 9.17) is 4.74 Å². The molecule has 4 heterocycles. The molecule has 2 saturated heterocycles. The van der Waals surface area contributed by atoms with Gasteiger partial charge in [-0.2, -0.15) is 18.3 Å². The molecule has 0 bridgehead atoms. The van der Waals surface area contributed by atoms with E-state index in [2.05, 4.69) is 10.00 Å². The molecule has 184 valence electrons. The number of rotatable bonds is 5. The third-order valence-electron chi connectivity index (χ3n) is 8.10. The Bertz CT molecular complexity index is 1540. The van der Waals surface area contributed by atoms with E-state index in [9.17, 15) is 18.0 Å². The van der Waals surface area contributed by atoms with E-state index in [0.29, 0.717) is 34.4 Å². The van der Waals surface area contributed by atoms with Crippen LogP contribution in [0.15, 0.2) is 71.8 Å². The molecular weight excluding hydrogens is 469 g/mol. The summed E-state index contributed by atoms with van der Waals surface area (Å²) in [6.45, 7) is 3.65. The largest absolute Gasteiger partial charge is 0.416 e. The van der Waals surface area contributed by atoms with Crippen molar-refractivity contribution in [2.75, 3.05) is 19.7 Å². The van der Waals surface area contributed by atoms with Crippen molar-refractivity contribution in [3.05, 3.63) is 82.9 Å². The summed E-state index contributed by atoms with van der Waals surface area (Å²) in [4.78, 5) is 15.4. The molecule has 3 aliphatic rings. The van der Waals surface area contributed by atoms with E-state index in [1.165, 1.54) is 29.2 Å². The van der Waals surface area contributed by atoms with Crippen molar-refractivity contribution < 1.29 is 17.9 Å². The molecule has 6 nitrogen and oxygen atoms in total. The lowest BCUT2D eigenvalue weighted by atomic mass is 9.96. The van der Waals surface area contributed by atoms with Crippen molar-refractivity contribution in [1.29, 1.82) is 0 Å².